The molecule has 0 saturated heterocycles. The Hall–Kier alpha value is -2.17. The standard InChI is InChI=1S/C14H15F5N2O3S/c1-8(22)21-11-6-5-9(25(15,16,17,18)19)7-10(11)12(20-21)13(23)24-14(2,3)4/h5-7H,1-4H3. The SMILES string of the molecule is CC(=O)n1nc(C(=O)OC(C)(C)C)c2cc(S(F)(F)(F)(F)F)ccc21. The number of hydrogen-bond donors (Lipinski definition) is 0. The minimum Gasteiger partial charge on any atom is -0.455 e. The van der Waals surface area contributed by atoms with E-state index in [1.54, 1.807) is 0 Å². The zero-order valence-electron chi connectivity index (χ0n) is 13.6. The number of esters is 1. The smallest absolute Gasteiger partial charge is 0.360 e. The van der Waals surface area contributed by atoms with E-state index in [1.807, 2.05) is 0 Å². The number of aromatic nitrogens is 2. The number of carbonyl (C=O) groups is 2. The van der Waals surface area contributed by atoms with Crippen molar-refractivity contribution in [3.05, 3.63) is 23.9 Å². The molecule has 0 spiro atoms. The summed E-state index contributed by atoms with van der Waals surface area (Å²) in [6.45, 7) is 5.59. The summed E-state index contributed by atoms with van der Waals surface area (Å²) in [6.07, 6.45) is 0. The van der Waals surface area contributed by atoms with Gasteiger partial charge in [-0.25, -0.2) is 4.79 Å². The summed E-state index contributed by atoms with van der Waals surface area (Å²) in [4.78, 5) is 21.6. The van der Waals surface area contributed by atoms with Crippen LogP contribution in [-0.2, 0) is 4.74 Å². The predicted octanol–water partition coefficient (Wildman–Crippen LogP) is 5.31. The van der Waals surface area contributed by atoms with Crippen LogP contribution in [0.2, 0.25) is 0 Å². The van der Waals surface area contributed by atoms with Gasteiger partial charge >= 0.3 is 16.2 Å². The van der Waals surface area contributed by atoms with Crippen molar-refractivity contribution in [1.82, 2.24) is 9.78 Å². The van der Waals surface area contributed by atoms with Crippen LogP contribution in [0.3, 0.4) is 0 Å². The summed E-state index contributed by atoms with van der Waals surface area (Å²) >= 11 is 0. The first-order chi connectivity index (χ1) is 10.9. The number of ether oxygens (including phenoxy) is 1. The molecule has 11 heteroatoms. The lowest BCUT2D eigenvalue weighted by molar-refractivity contribution is 0.00644. The van der Waals surface area contributed by atoms with E-state index in [0.717, 1.165) is 6.92 Å². The van der Waals surface area contributed by atoms with Gasteiger partial charge in [-0.15, -0.1) is 0 Å². The van der Waals surface area contributed by atoms with Gasteiger partial charge in [-0.2, -0.15) is 9.78 Å². The fourth-order valence-electron chi connectivity index (χ4n) is 2.05. The van der Waals surface area contributed by atoms with Gasteiger partial charge in [0.25, 0.3) is 0 Å². The second kappa shape index (κ2) is 4.71. The fraction of sp³-hybridized carbons (Fsp3) is 0.357. The first kappa shape index (κ1) is 19.2. The maximum Gasteiger partial charge on any atom is 0.360 e. The molecule has 0 aliphatic heterocycles. The molecule has 25 heavy (non-hydrogen) atoms. The maximum absolute atomic E-state index is 13.0. The zero-order valence-corrected chi connectivity index (χ0v) is 14.5. The molecule has 1 aromatic carbocycles. The number of benzene rings is 1. The van der Waals surface area contributed by atoms with E-state index in [1.165, 1.54) is 20.8 Å². The van der Waals surface area contributed by atoms with E-state index in [-0.39, 0.29) is 17.6 Å². The molecular formula is C14H15F5N2O3S. The minimum absolute atomic E-state index is 0.114. The third-order valence-electron chi connectivity index (χ3n) is 2.99. The molecule has 0 unspecified atom stereocenters. The molecular weight excluding hydrogens is 371 g/mol. The second-order valence-corrected chi connectivity index (χ2v) is 8.84. The van der Waals surface area contributed by atoms with Crippen molar-refractivity contribution < 1.29 is 33.8 Å². The average Bonchev–Trinajstić information content (AvgIpc) is 2.72. The van der Waals surface area contributed by atoms with Crippen molar-refractivity contribution in [2.24, 2.45) is 0 Å². The van der Waals surface area contributed by atoms with Crippen LogP contribution < -0.4 is 0 Å². The summed E-state index contributed by atoms with van der Waals surface area (Å²) in [5.74, 6) is -1.84. The number of rotatable bonds is 2. The van der Waals surface area contributed by atoms with Gasteiger partial charge in [0.1, 0.15) is 10.5 Å². The summed E-state index contributed by atoms with van der Waals surface area (Å²) in [6, 6.07) is 0.942. The molecule has 0 atom stereocenters. The van der Waals surface area contributed by atoms with Gasteiger partial charge in [0, 0.05) is 12.3 Å². The molecule has 0 fully saturated rings. The first-order valence-corrected chi connectivity index (χ1v) is 8.85. The highest BCUT2D eigenvalue weighted by Gasteiger charge is 2.65. The topological polar surface area (TPSA) is 61.2 Å². The minimum atomic E-state index is -9.96. The van der Waals surface area contributed by atoms with Gasteiger partial charge in [-0.05, 0) is 39.0 Å². The molecule has 0 saturated carbocycles. The molecule has 5 nitrogen and oxygen atoms in total. The maximum atomic E-state index is 13.0. The van der Waals surface area contributed by atoms with E-state index in [0.29, 0.717) is 10.7 Å². The third kappa shape index (κ3) is 4.09. The second-order valence-electron chi connectivity index (χ2n) is 6.43. The van der Waals surface area contributed by atoms with E-state index >= 15 is 0 Å². The Kier molecular flexibility index (Phi) is 3.61. The van der Waals surface area contributed by atoms with Crippen molar-refractivity contribution in [3.8, 4) is 0 Å². The Balaban J connectivity index is 2.78. The Bertz CT molecular complexity index is 898. The summed E-state index contributed by atoms with van der Waals surface area (Å²) in [5, 5.41) is 3.09. The van der Waals surface area contributed by atoms with Crippen LogP contribution >= 0.6 is 10.2 Å². The Morgan fingerprint density at radius 1 is 1.12 bits per heavy atom. The third-order valence-corrected chi connectivity index (χ3v) is 4.13. The molecule has 0 aliphatic rings. The van der Waals surface area contributed by atoms with Gasteiger partial charge in [0.15, 0.2) is 5.69 Å². The van der Waals surface area contributed by atoms with Gasteiger partial charge in [0.2, 0.25) is 5.91 Å². The van der Waals surface area contributed by atoms with Crippen molar-refractivity contribution >= 4 is 33.0 Å². The Morgan fingerprint density at radius 2 is 1.68 bits per heavy atom. The molecule has 0 radical (unpaired) electrons. The fourth-order valence-corrected chi connectivity index (χ4v) is 2.72. The van der Waals surface area contributed by atoms with Gasteiger partial charge < -0.3 is 4.74 Å². The lowest BCUT2D eigenvalue weighted by Gasteiger charge is -2.40. The number of halogens is 5. The molecule has 2 rings (SSSR count). The van der Waals surface area contributed by atoms with Crippen LogP contribution in [0.25, 0.3) is 10.9 Å². The highest BCUT2D eigenvalue weighted by Crippen LogP contribution is 3.02. The Morgan fingerprint density at radius 3 is 2.12 bits per heavy atom. The van der Waals surface area contributed by atoms with Gasteiger partial charge in [-0.3, -0.25) is 4.79 Å². The zero-order chi connectivity index (χ0) is 19.5. The predicted molar refractivity (Wildman–Crippen MR) is 82.6 cm³/mol. The first-order valence-electron chi connectivity index (χ1n) is 6.90. The van der Waals surface area contributed by atoms with Crippen molar-refractivity contribution in [1.29, 1.82) is 0 Å². The molecule has 1 heterocycles. The van der Waals surface area contributed by atoms with Crippen LogP contribution in [-0.4, -0.2) is 27.3 Å². The molecule has 0 bridgehead atoms. The van der Waals surface area contributed by atoms with Crippen LogP contribution in [0, 0.1) is 0 Å². The number of nitrogens with zero attached hydrogens (tertiary/aromatic N) is 2. The van der Waals surface area contributed by atoms with E-state index in [4.69, 9.17) is 4.74 Å². The molecule has 0 N–H and O–H groups in total. The normalized spacial score (nSPS) is 15.6. The molecule has 140 valence electrons. The Labute approximate surface area is 139 Å². The summed E-state index contributed by atoms with van der Waals surface area (Å²) < 4.78 is 70.8. The van der Waals surface area contributed by atoms with Crippen LogP contribution in [0.5, 0.6) is 0 Å². The molecule has 1 aromatic heterocycles. The van der Waals surface area contributed by atoms with E-state index in [2.05, 4.69) is 5.10 Å². The summed E-state index contributed by atoms with van der Waals surface area (Å²) in [7, 11) is -9.96. The summed E-state index contributed by atoms with van der Waals surface area (Å²) in [5.41, 5.74) is -1.86. The number of carbonyl (C=O) groups excluding carboxylic acids is 2. The molecule has 0 amide bonds. The van der Waals surface area contributed by atoms with Crippen molar-refractivity contribution in [2.75, 3.05) is 0 Å². The molecule has 0 aliphatic carbocycles. The highest BCUT2D eigenvalue weighted by molar-refractivity contribution is 8.45. The van der Waals surface area contributed by atoms with Gasteiger partial charge in [-0.1, -0.05) is 19.4 Å². The van der Waals surface area contributed by atoms with Gasteiger partial charge in [0.05, 0.1) is 5.52 Å². The molecule has 2 aromatic rings. The number of hydrogen-bond acceptors (Lipinski definition) is 4. The lowest BCUT2D eigenvalue weighted by atomic mass is 10.2. The quantitative estimate of drug-likeness (QED) is 0.518. The number of fused-ring (bicyclic) bond motifs is 1. The van der Waals surface area contributed by atoms with Crippen LogP contribution in [0.15, 0.2) is 23.1 Å². The van der Waals surface area contributed by atoms with Crippen LogP contribution in [0.1, 0.15) is 43.0 Å². The van der Waals surface area contributed by atoms with Crippen LogP contribution in [0.4, 0.5) is 19.4 Å². The van der Waals surface area contributed by atoms with Crippen molar-refractivity contribution in [2.45, 2.75) is 38.2 Å². The monoisotopic (exact) mass is 386 g/mol. The average molecular weight is 386 g/mol. The largest absolute Gasteiger partial charge is 0.455 e. The lowest BCUT2D eigenvalue weighted by Crippen LogP contribution is -2.24. The van der Waals surface area contributed by atoms with Crippen molar-refractivity contribution in [3.63, 3.8) is 0 Å². The van der Waals surface area contributed by atoms with E-state index < -0.39 is 43.7 Å². The highest BCUT2D eigenvalue weighted by atomic mass is 32.5. The van der Waals surface area contributed by atoms with E-state index in [9.17, 15) is 29.0 Å².